The Hall–Kier alpha value is -6.80. The quantitative estimate of drug-likeness (QED) is 0.0680. The van der Waals surface area contributed by atoms with Crippen LogP contribution in [-0.4, -0.2) is 70.9 Å². The van der Waals surface area contributed by atoms with Crippen molar-refractivity contribution < 1.29 is 35.9 Å². The van der Waals surface area contributed by atoms with E-state index in [9.17, 15) is 35.9 Å². The van der Waals surface area contributed by atoms with E-state index in [4.69, 9.17) is 22.0 Å². The highest BCUT2D eigenvalue weighted by Gasteiger charge is 2.37. The average molecular weight is 844 g/mol. The summed E-state index contributed by atoms with van der Waals surface area (Å²) in [6.07, 6.45) is -5.45. The van der Waals surface area contributed by atoms with Gasteiger partial charge in [-0.25, -0.2) is 9.97 Å². The summed E-state index contributed by atoms with van der Waals surface area (Å²) in [5, 5.41) is 27.5. The topological polar surface area (TPSA) is 202 Å². The predicted octanol–water partition coefficient (Wildman–Crippen LogP) is 5.74. The summed E-state index contributed by atoms with van der Waals surface area (Å²) >= 11 is 0. The van der Waals surface area contributed by atoms with Crippen LogP contribution >= 0.6 is 0 Å². The summed E-state index contributed by atoms with van der Waals surface area (Å²) in [7, 11) is 0. The molecule has 13 nitrogen and oxygen atoms in total. The molecule has 2 atom stereocenters. The minimum atomic E-state index is -4.58. The van der Waals surface area contributed by atoms with Crippen molar-refractivity contribution in [3.63, 3.8) is 0 Å². The van der Waals surface area contributed by atoms with Crippen LogP contribution in [0.3, 0.4) is 0 Å². The van der Waals surface area contributed by atoms with Crippen LogP contribution in [0.5, 0.6) is 0 Å². The van der Waals surface area contributed by atoms with E-state index < -0.39 is 47.4 Å². The number of nitrogens with zero attached hydrogens (tertiary/aromatic N) is 6. The molecule has 2 aliphatic rings. The van der Waals surface area contributed by atoms with Crippen LogP contribution in [-0.2, 0) is 21.9 Å². The number of alkyl halides is 6. The second-order valence-electron chi connectivity index (χ2n) is 14.2. The molecule has 19 heteroatoms. The summed E-state index contributed by atoms with van der Waals surface area (Å²) < 4.78 is 80.8. The number of hydrogen-bond donors (Lipinski definition) is 5. The molecule has 0 aliphatic carbocycles. The molecule has 7 N–H and O–H groups in total. The van der Waals surface area contributed by atoms with Crippen LogP contribution in [0.4, 0.5) is 37.7 Å². The Morgan fingerprint density at radius 1 is 0.656 bits per heavy atom. The maximum atomic E-state index is 13.8. The zero-order valence-corrected chi connectivity index (χ0v) is 32.3. The number of halogens is 6. The molecule has 4 aromatic rings. The van der Waals surface area contributed by atoms with Crippen LogP contribution in [0.15, 0.2) is 108 Å². The van der Waals surface area contributed by atoms with Crippen molar-refractivity contribution in [1.29, 1.82) is 10.5 Å². The van der Waals surface area contributed by atoms with Gasteiger partial charge in [-0.2, -0.15) is 36.9 Å². The Balaban J connectivity index is 1.06. The number of rotatable bonds is 16. The molecule has 316 valence electrons. The molecule has 0 spiro atoms. The fraction of sp³-hybridized carbons (Fsp3) is 0.286. The first kappa shape index (κ1) is 43.8. The number of pyridine rings is 2. The lowest BCUT2D eigenvalue weighted by atomic mass is 9.99. The third-order valence-corrected chi connectivity index (χ3v) is 10.1. The number of nitrogens with two attached hydrogens (primary N) is 2. The molecule has 0 bridgehead atoms. The van der Waals surface area contributed by atoms with Crippen molar-refractivity contribution in [2.75, 3.05) is 49.9 Å². The van der Waals surface area contributed by atoms with Gasteiger partial charge in [0.25, 0.3) is 11.8 Å². The van der Waals surface area contributed by atoms with Crippen molar-refractivity contribution in [2.24, 2.45) is 11.5 Å². The first-order valence-electron chi connectivity index (χ1n) is 18.9. The maximum Gasteiger partial charge on any atom is 0.416 e. The predicted molar refractivity (Wildman–Crippen MR) is 211 cm³/mol. The van der Waals surface area contributed by atoms with Crippen molar-refractivity contribution in [2.45, 2.75) is 37.3 Å². The molecule has 2 aromatic carbocycles. The zero-order chi connectivity index (χ0) is 43.9. The van der Waals surface area contributed by atoms with Crippen LogP contribution < -0.4 is 27.4 Å². The van der Waals surface area contributed by atoms with Gasteiger partial charge >= 0.3 is 12.4 Å². The molecule has 2 aromatic heterocycles. The molecule has 2 amide bonds. The highest BCUT2D eigenvalue weighted by Crippen LogP contribution is 2.35. The molecule has 0 radical (unpaired) electrons. The monoisotopic (exact) mass is 843 g/mol. The second kappa shape index (κ2) is 18.6. The maximum absolute atomic E-state index is 13.8. The fourth-order valence-electron chi connectivity index (χ4n) is 6.96. The lowest BCUT2D eigenvalue weighted by Crippen LogP contribution is -2.34. The van der Waals surface area contributed by atoms with Gasteiger partial charge in [-0.05, 0) is 85.6 Å². The number of amides is 2. The van der Waals surface area contributed by atoms with E-state index in [-0.39, 0.29) is 60.1 Å². The minimum absolute atomic E-state index is 0.0474. The van der Waals surface area contributed by atoms with E-state index >= 15 is 0 Å². The summed E-state index contributed by atoms with van der Waals surface area (Å²) in [4.78, 5) is 38.7. The number of benzene rings is 2. The Kier molecular flexibility index (Phi) is 13.4. The Morgan fingerprint density at radius 3 is 1.41 bits per heavy atom. The fourth-order valence-corrected chi connectivity index (χ4v) is 6.96. The SMILES string of the molecule is N#Cc1ccc([C@@H](N)C2=C(Nc3cccc(C(F)(F)F)c3)CN(CCCNCCCN3CC(Nc4cccc(C(F)(F)F)c4)=C([C@H](N)c4ccc(C#N)nc4)C3=O)C2=O)cn1. The smallest absolute Gasteiger partial charge is 0.357 e. The molecule has 0 fully saturated rings. The van der Waals surface area contributed by atoms with Crippen molar-refractivity contribution in [3.05, 3.63) is 141 Å². The molecule has 4 heterocycles. The molecular weight excluding hydrogens is 805 g/mol. The largest absolute Gasteiger partial charge is 0.416 e. The number of aromatic nitrogens is 2. The van der Waals surface area contributed by atoms with Crippen LogP contribution in [0.2, 0.25) is 0 Å². The van der Waals surface area contributed by atoms with Crippen molar-refractivity contribution >= 4 is 23.2 Å². The van der Waals surface area contributed by atoms with Gasteiger partial charge in [-0.15, -0.1) is 0 Å². The zero-order valence-electron chi connectivity index (χ0n) is 32.3. The van der Waals surface area contributed by atoms with E-state index in [0.717, 1.165) is 24.3 Å². The molecule has 0 unspecified atom stereocenters. The summed E-state index contributed by atoms with van der Waals surface area (Å²) in [6, 6.07) is 17.0. The summed E-state index contributed by atoms with van der Waals surface area (Å²) in [5.41, 5.74) is 13.7. The summed E-state index contributed by atoms with van der Waals surface area (Å²) in [5.74, 6) is -0.821. The number of nitriles is 2. The third-order valence-electron chi connectivity index (χ3n) is 10.1. The van der Waals surface area contributed by atoms with Gasteiger partial charge in [-0.3, -0.25) is 9.59 Å². The number of hydrogen-bond acceptors (Lipinski definition) is 11. The molecule has 0 saturated carbocycles. The number of nitrogens with one attached hydrogen (secondary N) is 3. The molecule has 61 heavy (non-hydrogen) atoms. The van der Waals surface area contributed by atoms with Gasteiger partial charge < -0.3 is 37.2 Å². The lowest BCUT2D eigenvalue weighted by molar-refractivity contribution is -0.138. The second-order valence-corrected chi connectivity index (χ2v) is 14.2. The van der Waals surface area contributed by atoms with Crippen LogP contribution in [0, 0.1) is 22.7 Å². The molecule has 0 saturated heterocycles. The van der Waals surface area contributed by atoms with Gasteiger partial charge in [0.15, 0.2) is 0 Å². The first-order chi connectivity index (χ1) is 29.1. The van der Waals surface area contributed by atoms with E-state index in [1.54, 1.807) is 12.1 Å². The normalized spacial score (nSPS) is 15.6. The number of carbonyl (C=O) groups is 2. The van der Waals surface area contributed by atoms with Gasteiger partial charge in [0.1, 0.15) is 23.5 Å². The van der Waals surface area contributed by atoms with Gasteiger partial charge in [0, 0.05) is 48.3 Å². The minimum Gasteiger partial charge on any atom is -0.357 e. The van der Waals surface area contributed by atoms with Crippen LogP contribution in [0.25, 0.3) is 0 Å². The highest BCUT2D eigenvalue weighted by atomic mass is 19.4. The number of anilines is 2. The van der Waals surface area contributed by atoms with Gasteiger partial charge in [0.2, 0.25) is 0 Å². The first-order valence-corrected chi connectivity index (χ1v) is 18.9. The standard InChI is InChI=1S/C42H39F6N11O2/c43-41(44,45)27-5-1-7-29(17-27)56-33-23-58(39(60)35(33)37(51)25-9-11-31(19-49)54-21-25)15-3-13-53-14-4-16-59-24-34(57-30-8-2-6-28(18-30)42(46,47)48)36(40(59)61)38(52)26-10-12-32(20-50)55-22-26/h1-2,5-12,17-18,21-22,37-38,53,56-57H,3-4,13-16,23-24,51-52H2/t37-,38-/m1/s1. The average Bonchev–Trinajstić information content (AvgIpc) is 3.72. The molecular formula is C42H39F6N11O2. The molecule has 2 aliphatic heterocycles. The van der Waals surface area contributed by atoms with Crippen molar-refractivity contribution in [1.82, 2.24) is 25.1 Å². The Morgan fingerprint density at radius 2 is 1.07 bits per heavy atom. The van der Waals surface area contributed by atoms with E-state index in [0.29, 0.717) is 48.5 Å². The third kappa shape index (κ3) is 10.5. The van der Waals surface area contributed by atoms with E-state index in [1.807, 2.05) is 12.1 Å². The summed E-state index contributed by atoms with van der Waals surface area (Å²) in [6.45, 7) is 1.55. The molecule has 6 rings (SSSR count). The highest BCUT2D eigenvalue weighted by molar-refractivity contribution is 6.00. The van der Waals surface area contributed by atoms with E-state index in [1.165, 1.54) is 58.6 Å². The van der Waals surface area contributed by atoms with E-state index in [2.05, 4.69) is 25.9 Å². The Bertz CT molecular complexity index is 2240. The van der Waals surface area contributed by atoms with Crippen molar-refractivity contribution in [3.8, 4) is 12.1 Å². The number of carbonyl (C=O) groups excluding carboxylic acids is 2. The Labute approximate surface area is 346 Å². The lowest BCUT2D eigenvalue weighted by Gasteiger charge is -2.19. The van der Waals surface area contributed by atoms with Crippen LogP contribution in [0.1, 0.15) is 58.6 Å². The van der Waals surface area contributed by atoms with Gasteiger partial charge in [0.05, 0.1) is 47.4 Å². The van der Waals surface area contributed by atoms with Gasteiger partial charge in [-0.1, -0.05) is 24.3 Å².